The highest BCUT2D eigenvalue weighted by molar-refractivity contribution is 5.46. The van der Waals surface area contributed by atoms with Crippen molar-refractivity contribution in [2.24, 2.45) is 0 Å². The van der Waals surface area contributed by atoms with Crippen LogP contribution in [-0.4, -0.2) is 17.3 Å². The Morgan fingerprint density at radius 3 is 2.60 bits per heavy atom. The molecule has 0 aliphatic carbocycles. The Labute approximate surface area is 91.3 Å². The van der Waals surface area contributed by atoms with Crippen molar-refractivity contribution in [2.75, 3.05) is 12.3 Å². The number of hydrogen-bond acceptors (Lipinski definition) is 3. The number of para-hydroxylation sites is 1. The van der Waals surface area contributed by atoms with Crippen LogP contribution in [0.1, 0.15) is 25.8 Å². The Balaban J connectivity index is 2.53. The number of nitrogens with one attached hydrogen (secondary N) is 1. The second kappa shape index (κ2) is 5.14. The summed E-state index contributed by atoms with van der Waals surface area (Å²) in [7, 11) is 0. The summed E-state index contributed by atoms with van der Waals surface area (Å²) in [5.74, 6) is 0. The average Bonchev–Trinajstić information content (AvgIpc) is 2.16. The number of anilines is 1. The van der Waals surface area contributed by atoms with Crippen LogP contribution in [0.15, 0.2) is 24.3 Å². The normalized spacial score (nSPS) is 11.7. The van der Waals surface area contributed by atoms with Crippen molar-refractivity contribution in [3.8, 4) is 0 Å². The zero-order chi connectivity index (χ0) is 11.3. The fourth-order valence-corrected chi connectivity index (χ4v) is 1.40. The van der Waals surface area contributed by atoms with E-state index >= 15 is 0 Å². The van der Waals surface area contributed by atoms with Crippen molar-refractivity contribution in [3.63, 3.8) is 0 Å². The number of rotatable bonds is 5. The molecule has 0 aromatic heterocycles. The lowest BCUT2D eigenvalue weighted by Gasteiger charge is -2.25. The number of hydrogen-bond donors (Lipinski definition) is 3. The largest absolute Gasteiger partial charge is 0.398 e. The van der Waals surface area contributed by atoms with E-state index in [1.165, 1.54) is 0 Å². The molecule has 0 bridgehead atoms. The molecule has 1 aromatic rings. The molecule has 84 valence electrons. The molecule has 1 aromatic carbocycles. The van der Waals surface area contributed by atoms with Gasteiger partial charge in [-0.2, -0.15) is 0 Å². The first-order valence-electron chi connectivity index (χ1n) is 5.24. The molecule has 0 aliphatic heterocycles. The van der Waals surface area contributed by atoms with E-state index < -0.39 is 0 Å². The highest BCUT2D eigenvalue weighted by Crippen LogP contribution is 2.13. The minimum atomic E-state index is -0.0585. The number of nitrogen functional groups attached to an aromatic ring is 1. The van der Waals surface area contributed by atoms with E-state index in [4.69, 9.17) is 10.8 Å². The zero-order valence-corrected chi connectivity index (χ0v) is 9.46. The van der Waals surface area contributed by atoms with E-state index in [9.17, 15) is 0 Å². The summed E-state index contributed by atoms with van der Waals surface area (Å²) < 4.78 is 0. The molecule has 0 saturated heterocycles. The Kier molecular flexibility index (Phi) is 4.12. The summed E-state index contributed by atoms with van der Waals surface area (Å²) in [4.78, 5) is 0. The third-order valence-corrected chi connectivity index (χ3v) is 2.55. The number of aliphatic hydroxyl groups excluding tert-OH is 1. The van der Waals surface area contributed by atoms with Gasteiger partial charge in [0, 0.05) is 24.4 Å². The van der Waals surface area contributed by atoms with E-state index in [0.717, 1.165) is 24.2 Å². The second-order valence-corrected chi connectivity index (χ2v) is 4.41. The van der Waals surface area contributed by atoms with Gasteiger partial charge >= 0.3 is 0 Å². The van der Waals surface area contributed by atoms with E-state index in [0.29, 0.717) is 0 Å². The van der Waals surface area contributed by atoms with Crippen molar-refractivity contribution < 1.29 is 5.11 Å². The van der Waals surface area contributed by atoms with E-state index in [2.05, 4.69) is 19.2 Å². The molecule has 0 amide bonds. The van der Waals surface area contributed by atoms with E-state index in [1.54, 1.807) is 0 Å². The van der Waals surface area contributed by atoms with Gasteiger partial charge in [-0.1, -0.05) is 18.2 Å². The van der Waals surface area contributed by atoms with Crippen molar-refractivity contribution in [1.29, 1.82) is 0 Å². The summed E-state index contributed by atoms with van der Waals surface area (Å²) in [5, 5.41) is 12.3. The van der Waals surface area contributed by atoms with Gasteiger partial charge in [0.05, 0.1) is 0 Å². The van der Waals surface area contributed by atoms with Crippen LogP contribution < -0.4 is 11.1 Å². The zero-order valence-electron chi connectivity index (χ0n) is 9.46. The van der Waals surface area contributed by atoms with Gasteiger partial charge in [0.15, 0.2) is 0 Å². The third-order valence-electron chi connectivity index (χ3n) is 2.55. The van der Waals surface area contributed by atoms with Gasteiger partial charge < -0.3 is 16.2 Å². The molecule has 3 heteroatoms. The van der Waals surface area contributed by atoms with Crippen molar-refractivity contribution in [2.45, 2.75) is 32.4 Å². The van der Waals surface area contributed by atoms with Gasteiger partial charge in [-0.05, 0) is 31.9 Å². The lowest BCUT2D eigenvalue weighted by molar-refractivity contribution is 0.230. The highest BCUT2D eigenvalue weighted by Gasteiger charge is 2.15. The van der Waals surface area contributed by atoms with Crippen molar-refractivity contribution in [3.05, 3.63) is 29.8 Å². The van der Waals surface area contributed by atoms with Crippen LogP contribution in [0.3, 0.4) is 0 Å². The first-order chi connectivity index (χ1) is 7.05. The maximum atomic E-state index is 8.89. The summed E-state index contributed by atoms with van der Waals surface area (Å²) in [6.45, 7) is 5.08. The molecule has 0 saturated carbocycles. The lowest BCUT2D eigenvalue weighted by Crippen LogP contribution is -2.39. The molecule has 0 fully saturated rings. The Bertz CT molecular complexity index is 310. The molecule has 3 nitrogen and oxygen atoms in total. The molecule has 0 aliphatic rings. The average molecular weight is 208 g/mol. The molecule has 0 spiro atoms. The highest BCUT2D eigenvalue weighted by atomic mass is 16.3. The quantitative estimate of drug-likeness (QED) is 0.643. The SMILES string of the molecule is CC(C)(CCO)NCc1ccccc1N. The van der Waals surface area contributed by atoms with Crippen molar-refractivity contribution >= 4 is 5.69 Å². The van der Waals surface area contributed by atoms with Crippen LogP contribution in [0.2, 0.25) is 0 Å². The Hall–Kier alpha value is -1.06. The molecule has 4 N–H and O–H groups in total. The number of aliphatic hydroxyl groups is 1. The van der Waals surface area contributed by atoms with Crippen LogP contribution in [0.5, 0.6) is 0 Å². The van der Waals surface area contributed by atoms with Crippen molar-refractivity contribution in [1.82, 2.24) is 5.32 Å². The monoisotopic (exact) mass is 208 g/mol. The molecule has 0 heterocycles. The summed E-state index contributed by atoms with van der Waals surface area (Å²) in [6.07, 6.45) is 0.736. The van der Waals surface area contributed by atoms with E-state index in [-0.39, 0.29) is 12.1 Å². The molecule has 1 rings (SSSR count). The van der Waals surface area contributed by atoms with E-state index in [1.807, 2.05) is 24.3 Å². The minimum Gasteiger partial charge on any atom is -0.398 e. The first-order valence-corrected chi connectivity index (χ1v) is 5.24. The predicted molar refractivity (Wildman–Crippen MR) is 63.5 cm³/mol. The maximum absolute atomic E-state index is 8.89. The summed E-state index contributed by atoms with van der Waals surface area (Å²) in [5.41, 5.74) is 7.69. The maximum Gasteiger partial charge on any atom is 0.0448 e. The Morgan fingerprint density at radius 1 is 1.33 bits per heavy atom. The molecular formula is C12H20N2O. The molecule has 0 unspecified atom stereocenters. The molecular weight excluding hydrogens is 188 g/mol. The Morgan fingerprint density at radius 2 is 2.00 bits per heavy atom. The van der Waals surface area contributed by atoms with Gasteiger partial charge in [-0.3, -0.25) is 0 Å². The van der Waals surface area contributed by atoms with Crippen LogP contribution in [-0.2, 0) is 6.54 Å². The standard InChI is InChI=1S/C12H20N2O/c1-12(2,7-8-15)14-9-10-5-3-4-6-11(10)13/h3-6,14-15H,7-9,13H2,1-2H3. The molecule has 0 atom stereocenters. The lowest BCUT2D eigenvalue weighted by atomic mass is 10.0. The fraction of sp³-hybridized carbons (Fsp3) is 0.500. The minimum absolute atomic E-state index is 0.0585. The molecule has 0 radical (unpaired) electrons. The second-order valence-electron chi connectivity index (χ2n) is 4.41. The fourth-order valence-electron chi connectivity index (χ4n) is 1.40. The van der Waals surface area contributed by atoms with Crippen LogP contribution in [0.25, 0.3) is 0 Å². The predicted octanol–water partition coefficient (Wildman–Crippen LogP) is 1.52. The number of nitrogens with two attached hydrogens (primary N) is 1. The van der Waals surface area contributed by atoms with Gasteiger partial charge in [-0.25, -0.2) is 0 Å². The van der Waals surface area contributed by atoms with Gasteiger partial charge in [0.1, 0.15) is 0 Å². The number of benzene rings is 1. The first kappa shape index (κ1) is 12.0. The van der Waals surface area contributed by atoms with Crippen LogP contribution in [0, 0.1) is 0 Å². The summed E-state index contributed by atoms with van der Waals surface area (Å²) >= 11 is 0. The summed E-state index contributed by atoms with van der Waals surface area (Å²) in [6, 6.07) is 7.82. The van der Waals surface area contributed by atoms with Gasteiger partial charge in [0.25, 0.3) is 0 Å². The van der Waals surface area contributed by atoms with Gasteiger partial charge in [-0.15, -0.1) is 0 Å². The third kappa shape index (κ3) is 3.90. The van der Waals surface area contributed by atoms with Crippen LogP contribution >= 0.6 is 0 Å². The molecule has 15 heavy (non-hydrogen) atoms. The van der Waals surface area contributed by atoms with Gasteiger partial charge in [0.2, 0.25) is 0 Å². The topological polar surface area (TPSA) is 58.3 Å². The van der Waals surface area contributed by atoms with Crippen LogP contribution in [0.4, 0.5) is 5.69 Å². The smallest absolute Gasteiger partial charge is 0.0448 e.